The molecule has 0 unspecified atom stereocenters. The smallest absolute Gasteiger partial charge is 0.0446 e. The van der Waals surface area contributed by atoms with Gasteiger partial charge in [-0.3, -0.25) is 0 Å². The molecule has 0 heterocycles. The maximum absolute atomic E-state index is 6.90. The van der Waals surface area contributed by atoms with E-state index < -0.39 is 0 Å². The molecule has 4 bridgehead atoms. The fraction of sp³-hybridized carbons (Fsp3) is 0.704. The predicted octanol–water partition coefficient (Wildman–Crippen LogP) is 7.42. The van der Waals surface area contributed by atoms with Crippen molar-refractivity contribution in [3.63, 3.8) is 0 Å². The van der Waals surface area contributed by atoms with Crippen molar-refractivity contribution in [3.8, 4) is 0 Å². The zero-order chi connectivity index (χ0) is 19.8. The first-order valence-corrected chi connectivity index (χ1v) is 12.7. The molecule has 1 aromatic rings. The van der Waals surface area contributed by atoms with E-state index >= 15 is 0 Å². The Hall–Kier alpha value is -0.950. The normalized spacial score (nSPS) is 33.8. The van der Waals surface area contributed by atoms with E-state index in [1.54, 1.807) is 0 Å². The second kappa shape index (κ2) is 8.29. The molecular formula is C27H38ClN. The van der Waals surface area contributed by atoms with Gasteiger partial charge in [0.05, 0.1) is 0 Å². The fourth-order valence-electron chi connectivity index (χ4n) is 7.78. The molecule has 1 nitrogen and oxygen atoms in total. The van der Waals surface area contributed by atoms with Crippen molar-refractivity contribution in [2.75, 3.05) is 6.54 Å². The average molecular weight is 412 g/mol. The second-order valence-electron chi connectivity index (χ2n) is 11.0. The van der Waals surface area contributed by atoms with E-state index in [1.165, 1.54) is 88.2 Å². The molecule has 29 heavy (non-hydrogen) atoms. The van der Waals surface area contributed by atoms with E-state index in [0.717, 1.165) is 47.4 Å². The lowest BCUT2D eigenvalue weighted by Gasteiger charge is -2.57. The minimum Gasteiger partial charge on any atom is -0.389 e. The quantitative estimate of drug-likeness (QED) is 0.492. The largest absolute Gasteiger partial charge is 0.389 e. The molecule has 1 aromatic carbocycles. The first-order chi connectivity index (χ1) is 14.1. The molecule has 5 saturated carbocycles. The molecule has 2 heteroatoms. The summed E-state index contributed by atoms with van der Waals surface area (Å²) in [6.07, 6.45) is 18.0. The van der Waals surface area contributed by atoms with Crippen LogP contribution in [0.4, 0.5) is 0 Å². The Kier molecular flexibility index (Phi) is 5.71. The minimum atomic E-state index is 0.389. The predicted molar refractivity (Wildman–Crippen MR) is 123 cm³/mol. The molecule has 158 valence electrons. The summed E-state index contributed by atoms with van der Waals surface area (Å²) in [7, 11) is 0. The van der Waals surface area contributed by atoms with Crippen LogP contribution in [0.15, 0.2) is 30.5 Å². The lowest BCUT2D eigenvalue weighted by Crippen LogP contribution is -2.48. The number of hydrogen-bond acceptors (Lipinski definition) is 1. The van der Waals surface area contributed by atoms with Gasteiger partial charge in [-0.1, -0.05) is 62.4 Å². The van der Waals surface area contributed by atoms with Crippen molar-refractivity contribution in [2.45, 2.75) is 88.9 Å². The molecule has 5 aliphatic carbocycles. The SMILES string of the molecule is C=C(Cc1ccc(C23CC4CC(CC(C4)C2)C3)c(Cl)c1)NCCC1CCCCC1. The lowest BCUT2D eigenvalue weighted by atomic mass is 9.48. The monoisotopic (exact) mass is 411 g/mol. The van der Waals surface area contributed by atoms with E-state index in [0.29, 0.717) is 5.41 Å². The molecular weight excluding hydrogens is 374 g/mol. The standard InChI is InChI=1S/C27H38ClN/c1-19(29-10-9-20-5-3-2-4-6-20)11-21-7-8-25(26(28)15-21)27-16-22-12-23(17-27)14-24(13-22)18-27/h7-8,15,20,22-24,29H,1-6,9-14,16-18H2. The second-order valence-corrected chi connectivity index (χ2v) is 11.4. The van der Waals surface area contributed by atoms with Crippen molar-refractivity contribution >= 4 is 11.6 Å². The summed E-state index contributed by atoms with van der Waals surface area (Å²) < 4.78 is 0. The lowest BCUT2D eigenvalue weighted by molar-refractivity contribution is -0.00514. The zero-order valence-electron chi connectivity index (χ0n) is 18.0. The Morgan fingerprint density at radius 1 is 1.00 bits per heavy atom. The third-order valence-electron chi connectivity index (χ3n) is 8.71. The Morgan fingerprint density at radius 2 is 1.66 bits per heavy atom. The number of halogens is 1. The molecule has 5 fully saturated rings. The van der Waals surface area contributed by atoms with Gasteiger partial charge in [0.1, 0.15) is 0 Å². The van der Waals surface area contributed by atoms with Gasteiger partial charge in [0, 0.05) is 23.7 Å². The number of allylic oxidation sites excluding steroid dienone is 1. The Labute approximate surface area is 182 Å². The van der Waals surface area contributed by atoms with Crippen LogP contribution in [0, 0.1) is 23.7 Å². The molecule has 0 radical (unpaired) electrons. The number of benzene rings is 1. The zero-order valence-corrected chi connectivity index (χ0v) is 18.8. The third kappa shape index (κ3) is 4.27. The molecule has 0 saturated heterocycles. The van der Waals surface area contributed by atoms with Gasteiger partial charge in [0.2, 0.25) is 0 Å². The van der Waals surface area contributed by atoms with Gasteiger partial charge >= 0.3 is 0 Å². The molecule has 0 spiro atoms. The van der Waals surface area contributed by atoms with E-state index in [4.69, 9.17) is 11.6 Å². The summed E-state index contributed by atoms with van der Waals surface area (Å²) >= 11 is 6.90. The molecule has 0 amide bonds. The Morgan fingerprint density at radius 3 is 2.28 bits per heavy atom. The van der Waals surface area contributed by atoms with Gasteiger partial charge < -0.3 is 5.32 Å². The highest BCUT2D eigenvalue weighted by molar-refractivity contribution is 6.31. The van der Waals surface area contributed by atoms with E-state index in [-0.39, 0.29) is 0 Å². The molecule has 6 rings (SSSR count). The van der Waals surface area contributed by atoms with Crippen molar-refractivity contribution < 1.29 is 0 Å². The van der Waals surface area contributed by atoms with Gasteiger partial charge in [-0.25, -0.2) is 0 Å². The van der Waals surface area contributed by atoms with Gasteiger partial charge in [0.15, 0.2) is 0 Å². The summed E-state index contributed by atoms with van der Waals surface area (Å²) in [5.74, 6) is 3.82. The van der Waals surface area contributed by atoms with Gasteiger partial charge in [-0.2, -0.15) is 0 Å². The molecule has 0 aromatic heterocycles. The van der Waals surface area contributed by atoms with Crippen molar-refractivity contribution in [2.24, 2.45) is 23.7 Å². The highest BCUT2D eigenvalue weighted by Gasteiger charge is 2.52. The highest BCUT2D eigenvalue weighted by Crippen LogP contribution is 2.61. The number of nitrogens with one attached hydrogen (secondary N) is 1. The van der Waals surface area contributed by atoms with Crippen LogP contribution in [0.5, 0.6) is 0 Å². The molecule has 1 N–H and O–H groups in total. The highest BCUT2D eigenvalue weighted by atomic mass is 35.5. The van der Waals surface area contributed by atoms with Crippen LogP contribution in [-0.2, 0) is 11.8 Å². The van der Waals surface area contributed by atoms with Crippen LogP contribution >= 0.6 is 11.6 Å². The van der Waals surface area contributed by atoms with Crippen molar-refractivity contribution in [1.29, 1.82) is 0 Å². The topological polar surface area (TPSA) is 12.0 Å². The molecule has 0 aliphatic heterocycles. The van der Waals surface area contributed by atoms with E-state index in [2.05, 4.69) is 30.1 Å². The molecule has 5 aliphatic rings. The number of hydrogen-bond donors (Lipinski definition) is 1. The molecule has 0 atom stereocenters. The first-order valence-electron chi connectivity index (χ1n) is 12.3. The van der Waals surface area contributed by atoms with Crippen molar-refractivity contribution in [3.05, 3.63) is 46.6 Å². The average Bonchev–Trinajstić information content (AvgIpc) is 2.67. The number of rotatable bonds is 7. The van der Waals surface area contributed by atoms with Crippen LogP contribution in [0.3, 0.4) is 0 Å². The Bertz CT molecular complexity index is 710. The minimum absolute atomic E-state index is 0.389. The third-order valence-corrected chi connectivity index (χ3v) is 9.03. The maximum Gasteiger partial charge on any atom is 0.0446 e. The van der Waals surface area contributed by atoms with E-state index in [1.807, 2.05) is 0 Å². The van der Waals surface area contributed by atoms with Gasteiger partial charge in [0.25, 0.3) is 0 Å². The summed E-state index contributed by atoms with van der Waals surface area (Å²) in [6.45, 7) is 5.36. The summed E-state index contributed by atoms with van der Waals surface area (Å²) in [5.41, 5.74) is 4.29. The van der Waals surface area contributed by atoms with Crippen LogP contribution in [-0.4, -0.2) is 6.54 Å². The van der Waals surface area contributed by atoms with Gasteiger partial charge in [-0.05, 0) is 91.2 Å². The summed E-state index contributed by atoms with van der Waals surface area (Å²) in [5, 5.41) is 4.60. The first kappa shape index (κ1) is 20.0. The van der Waals surface area contributed by atoms with Crippen LogP contribution in [0.1, 0.15) is 88.2 Å². The van der Waals surface area contributed by atoms with Crippen molar-refractivity contribution in [1.82, 2.24) is 5.32 Å². The Balaban J connectivity index is 1.18. The summed E-state index contributed by atoms with van der Waals surface area (Å²) in [6, 6.07) is 6.94. The van der Waals surface area contributed by atoms with E-state index in [9.17, 15) is 0 Å². The van der Waals surface area contributed by atoms with Crippen LogP contribution in [0.2, 0.25) is 5.02 Å². The maximum atomic E-state index is 6.90. The van der Waals surface area contributed by atoms with Gasteiger partial charge in [-0.15, -0.1) is 0 Å². The summed E-state index contributed by atoms with van der Waals surface area (Å²) in [4.78, 5) is 0. The van der Waals surface area contributed by atoms with Crippen LogP contribution < -0.4 is 5.32 Å². The van der Waals surface area contributed by atoms with Crippen LogP contribution in [0.25, 0.3) is 0 Å². The fourth-order valence-corrected chi connectivity index (χ4v) is 8.18.